The van der Waals surface area contributed by atoms with Gasteiger partial charge >= 0.3 is 0 Å². The molecule has 0 saturated carbocycles. The Morgan fingerprint density at radius 2 is 0.821 bits per heavy atom. The fraction of sp³-hybridized carbons (Fsp3) is 0.0545. The summed E-state index contributed by atoms with van der Waals surface area (Å²) in [5.41, 5.74) is 14.5. The minimum atomic E-state index is -0.160. The van der Waals surface area contributed by atoms with Gasteiger partial charge in [-0.05, 0) is 99.7 Å². The number of hydrogen-bond donors (Lipinski definition) is 0. The Hall–Kier alpha value is -6.96. The molecular formula is C55H36O. The normalized spacial score (nSPS) is 13.3. The van der Waals surface area contributed by atoms with Crippen molar-refractivity contribution in [1.82, 2.24) is 0 Å². The van der Waals surface area contributed by atoms with Gasteiger partial charge in [0.25, 0.3) is 0 Å². The van der Waals surface area contributed by atoms with E-state index in [1.54, 1.807) is 0 Å². The fourth-order valence-corrected chi connectivity index (χ4v) is 10.3. The Morgan fingerprint density at radius 3 is 1.52 bits per heavy atom. The van der Waals surface area contributed by atoms with Gasteiger partial charge < -0.3 is 4.42 Å². The van der Waals surface area contributed by atoms with Crippen LogP contribution in [-0.4, -0.2) is 0 Å². The average molecular weight is 713 g/mol. The molecule has 1 aliphatic rings. The van der Waals surface area contributed by atoms with Gasteiger partial charge in [0.1, 0.15) is 11.2 Å². The van der Waals surface area contributed by atoms with Crippen molar-refractivity contribution in [2.45, 2.75) is 19.3 Å². The van der Waals surface area contributed by atoms with E-state index in [2.05, 4.69) is 190 Å². The number of benzene rings is 10. The van der Waals surface area contributed by atoms with Crippen LogP contribution in [0.1, 0.15) is 25.0 Å². The van der Waals surface area contributed by atoms with Gasteiger partial charge in [-0.1, -0.05) is 184 Å². The first-order valence-electron chi connectivity index (χ1n) is 19.6. The van der Waals surface area contributed by atoms with Crippen LogP contribution in [0.25, 0.3) is 110 Å². The lowest BCUT2D eigenvalue weighted by Gasteiger charge is -2.24. The average Bonchev–Trinajstić information content (AvgIpc) is 3.75. The molecule has 1 aromatic heterocycles. The molecule has 10 aromatic carbocycles. The second-order valence-electron chi connectivity index (χ2n) is 15.9. The highest BCUT2D eigenvalue weighted by Gasteiger charge is 2.39. The van der Waals surface area contributed by atoms with Crippen LogP contribution in [0.3, 0.4) is 0 Å². The summed E-state index contributed by atoms with van der Waals surface area (Å²) in [5.74, 6) is 0. The molecule has 1 heterocycles. The second-order valence-corrected chi connectivity index (χ2v) is 15.9. The fourth-order valence-electron chi connectivity index (χ4n) is 10.3. The zero-order valence-corrected chi connectivity index (χ0v) is 31.2. The van der Waals surface area contributed by atoms with E-state index < -0.39 is 0 Å². The summed E-state index contributed by atoms with van der Waals surface area (Å²) in [6.45, 7) is 4.81. The van der Waals surface area contributed by atoms with Crippen molar-refractivity contribution >= 4 is 65.0 Å². The predicted molar refractivity (Wildman–Crippen MR) is 238 cm³/mol. The maximum atomic E-state index is 6.64. The summed E-state index contributed by atoms with van der Waals surface area (Å²) < 4.78 is 6.64. The summed E-state index contributed by atoms with van der Waals surface area (Å²) in [5, 5.41) is 12.5. The Bertz CT molecular complexity index is 3390. The number of furan rings is 1. The monoisotopic (exact) mass is 712 g/mol. The molecule has 0 amide bonds. The summed E-state index contributed by atoms with van der Waals surface area (Å²) in [7, 11) is 0. The lowest BCUT2D eigenvalue weighted by molar-refractivity contribution is 0.666. The smallest absolute Gasteiger partial charge is 0.143 e. The number of hydrogen-bond acceptors (Lipinski definition) is 1. The molecule has 11 aromatic rings. The van der Waals surface area contributed by atoms with E-state index in [0.717, 1.165) is 27.5 Å². The third-order valence-corrected chi connectivity index (χ3v) is 12.6. The first-order valence-corrected chi connectivity index (χ1v) is 19.6. The van der Waals surface area contributed by atoms with Crippen molar-refractivity contribution in [3.63, 3.8) is 0 Å². The van der Waals surface area contributed by atoms with Gasteiger partial charge in [-0.3, -0.25) is 0 Å². The van der Waals surface area contributed by atoms with Crippen molar-refractivity contribution in [1.29, 1.82) is 0 Å². The van der Waals surface area contributed by atoms with Crippen LogP contribution in [-0.2, 0) is 5.41 Å². The van der Waals surface area contributed by atoms with E-state index in [-0.39, 0.29) is 5.41 Å². The standard InChI is InChI=1S/C55H36O/c1-55(2)47-30-15-27-35(51(47)52-39-21-5-3-18-36(39)37-19-4-10-26-44(37)53(52)55)33-16-13-17-34(32-33)49-40-22-6-8-24-42(40)50(43-25-9-7-23-41(43)49)46-29-14-28-45-38-20-11-12-31-48(38)56-54(45)46/h3-32H,1-2H3. The van der Waals surface area contributed by atoms with Crippen molar-refractivity contribution in [2.24, 2.45) is 0 Å². The number of fused-ring (bicyclic) bond motifs is 13. The van der Waals surface area contributed by atoms with Crippen LogP contribution in [0.2, 0.25) is 0 Å². The van der Waals surface area contributed by atoms with Gasteiger partial charge in [0.2, 0.25) is 0 Å². The predicted octanol–water partition coefficient (Wildman–Crippen LogP) is 15.5. The molecule has 0 bridgehead atoms. The molecule has 1 heteroatoms. The Balaban J connectivity index is 1.12. The minimum Gasteiger partial charge on any atom is -0.455 e. The van der Waals surface area contributed by atoms with Crippen LogP contribution in [0.15, 0.2) is 186 Å². The van der Waals surface area contributed by atoms with Crippen LogP contribution >= 0.6 is 0 Å². The van der Waals surface area contributed by atoms with Crippen LogP contribution in [0.5, 0.6) is 0 Å². The van der Waals surface area contributed by atoms with Crippen molar-refractivity contribution < 1.29 is 4.42 Å². The summed E-state index contributed by atoms with van der Waals surface area (Å²) in [6, 6.07) is 67.0. The van der Waals surface area contributed by atoms with Crippen molar-refractivity contribution in [3.05, 3.63) is 193 Å². The third-order valence-electron chi connectivity index (χ3n) is 12.6. The highest BCUT2D eigenvalue weighted by atomic mass is 16.3. The SMILES string of the molecule is CC1(C)c2cccc(-c3cccc(-c4c5ccccc5c(-c5cccc6c5oc5ccccc56)c5ccccc45)c3)c2-c2c1c1ccccc1c1ccccc21. The maximum absolute atomic E-state index is 6.64. The Labute approximate surface area is 325 Å². The zero-order chi connectivity index (χ0) is 37.1. The molecule has 0 fully saturated rings. The second kappa shape index (κ2) is 11.5. The Kier molecular flexibility index (Phi) is 6.46. The van der Waals surface area contributed by atoms with Crippen molar-refractivity contribution in [3.8, 4) is 44.5 Å². The van der Waals surface area contributed by atoms with E-state index in [4.69, 9.17) is 4.42 Å². The van der Waals surface area contributed by atoms with Gasteiger partial charge in [0.05, 0.1) is 0 Å². The lowest BCUT2D eigenvalue weighted by atomic mass is 9.79. The zero-order valence-electron chi connectivity index (χ0n) is 31.2. The molecule has 0 spiro atoms. The summed E-state index contributed by atoms with van der Waals surface area (Å²) in [4.78, 5) is 0. The van der Waals surface area contributed by atoms with E-state index in [1.165, 1.54) is 93.2 Å². The molecule has 0 unspecified atom stereocenters. The van der Waals surface area contributed by atoms with E-state index in [1.807, 2.05) is 6.07 Å². The molecular weight excluding hydrogens is 677 g/mol. The van der Waals surface area contributed by atoms with Gasteiger partial charge in [-0.15, -0.1) is 0 Å². The number of para-hydroxylation sites is 2. The molecule has 0 atom stereocenters. The molecule has 0 aliphatic heterocycles. The van der Waals surface area contributed by atoms with Crippen LogP contribution in [0, 0.1) is 0 Å². The first-order chi connectivity index (χ1) is 27.6. The topological polar surface area (TPSA) is 13.1 Å². The van der Waals surface area contributed by atoms with Gasteiger partial charge in [0, 0.05) is 27.3 Å². The summed E-state index contributed by atoms with van der Waals surface area (Å²) >= 11 is 0. The van der Waals surface area contributed by atoms with Gasteiger partial charge in [-0.2, -0.15) is 0 Å². The van der Waals surface area contributed by atoms with Gasteiger partial charge in [-0.25, -0.2) is 0 Å². The largest absolute Gasteiger partial charge is 0.455 e. The van der Waals surface area contributed by atoms with E-state index in [9.17, 15) is 0 Å². The third kappa shape index (κ3) is 4.20. The first kappa shape index (κ1) is 31.4. The summed E-state index contributed by atoms with van der Waals surface area (Å²) in [6.07, 6.45) is 0. The maximum Gasteiger partial charge on any atom is 0.143 e. The quantitative estimate of drug-likeness (QED) is 0.131. The van der Waals surface area contributed by atoms with E-state index in [0.29, 0.717) is 0 Å². The highest BCUT2D eigenvalue weighted by molar-refractivity contribution is 6.25. The molecule has 1 aliphatic carbocycles. The van der Waals surface area contributed by atoms with Crippen molar-refractivity contribution in [2.75, 3.05) is 0 Å². The van der Waals surface area contributed by atoms with E-state index >= 15 is 0 Å². The minimum absolute atomic E-state index is 0.160. The Morgan fingerprint density at radius 1 is 0.339 bits per heavy atom. The molecule has 0 N–H and O–H groups in total. The van der Waals surface area contributed by atoms with Crippen LogP contribution in [0.4, 0.5) is 0 Å². The number of rotatable bonds is 3. The molecule has 12 rings (SSSR count). The lowest BCUT2D eigenvalue weighted by Crippen LogP contribution is -2.15. The molecule has 56 heavy (non-hydrogen) atoms. The van der Waals surface area contributed by atoms with Gasteiger partial charge in [0.15, 0.2) is 0 Å². The molecule has 262 valence electrons. The van der Waals surface area contributed by atoms with Crippen LogP contribution < -0.4 is 0 Å². The molecule has 0 saturated heterocycles. The molecule has 0 radical (unpaired) electrons. The highest BCUT2D eigenvalue weighted by Crippen LogP contribution is 2.57. The molecule has 1 nitrogen and oxygen atoms in total.